The van der Waals surface area contributed by atoms with Crippen molar-refractivity contribution in [1.29, 1.82) is 0 Å². The summed E-state index contributed by atoms with van der Waals surface area (Å²) in [5.74, 6) is 0.542. The molecule has 0 heterocycles. The van der Waals surface area contributed by atoms with Gasteiger partial charge in [-0.2, -0.15) is 0 Å². The third-order valence-electron chi connectivity index (χ3n) is 3.16. The molecule has 0 aliphatic carbocycles. The molecule has 2 rings (SSSR count). The first-order valence-corrected chi connectivity index (χ1v) is 8.99. The standard InChI is InChI=1S/C16H21O4P/c1-3-5-13-18-21(17,4-2)20-19-16-12-8-10-14-9-6-7-11-15(14)16/h6-12H,3-5,13H2,1-2H3. The first kappa shape index (κ1) is 16.0. The Balaban J connectivity index is 2.08. The SMILES string of the molecule is CCCCOP(=O)(CC)OOc1cccc2ccccc12. The molecule has 0 radical (unpaired) electrons. The molecule has 0 saturated heterocycles. The van der Waals surface area contributed by atoms with Crippen molar-refractivity contribution >= 4 is 18.4 Å². The minimum absolute atomic E-state index is 0.279. The van der Waals surface area contributed by atoms with Crippen molar-refractivity contribution in [3.63, 3.8) is 0 Å². The number of hydrogen-bond donors (Lipinski definition) is 0. The summed E-state index contributed by atoms with van der Waals surface area (Å²) in [6.07, 6.45) is 2.11. The van der Waals surface area contributed by atoms with Crippen LogP contribution in [0.5, 0.6) is 5.75 Å². The Bertz CT molecular complexity index is 621. The highest BCUT2D eigenvalue weighted by Gasteiger charge is 2.24. The van der Waals surface area contributed by atoms with E-state index in [1.54, 1.807) is 13.0 Å². The van der Waals surface area contributed by atoms with Gasteiger partial charge in [-0.15, -0.1) is 0 Å². The van der Waals surface area contributed by atoms with Gasteiger partial charge in [0.05, 0.1) is 12.8 Å². The Hall–Kier alpha value is -1.35. The van der Waals surface area contributed by atoms with Crippen molar-refractivity contribution in [2.24, 2.45) is 0 Å². The molecule has 0 fully saturated rings. The summed E-state index contributed by atoms with van der Waals surface area (Å²) < 4.78 is 22.9. The number of hydrogen-bond acceptors (Lipinski definition) is 4. The van der Waals surface area contributed by atoms with Gasteiger partial charge in [0.25, 0.3) is 0 Å². The molecule has 0 saturated carbocycles. The van der Waals surface area contributed by atoms with Crippen LogP contribution in [0.25, 0.3) is 10.8 Å². The molecule has 4 nitrogen and oxygen atoms in total. The first-order valence-electron chi connectivity index (χ1n) is 7.26. The zero-order valence-electron chi connectivity index (χ0n) is 12.5. The van der Waals surface area contributed by atoms with Gasteiger partial charge in [-0.25, -0.2) is 0 Å². The second kappa shape index (κ2) is 7.60. The second-order valence-corrected chi connectivity index (χ2v) is 7.01. The van der Waals surface area contributed by atoms with Gasteiger partial charge in [0.15, 0.2) is 5.75 Å². The van der Waals surface area contributed by atoms with Crippen LogP contribution in [0.3, 0.4) is 0 Å². The molecule has 114 valence electrons. The van der Waals surface area contributed by atoms with Gasteiger partial charge in [-0.1, -0.05) is 61.3 Å². The highest BCUT2D eigenvalue weighted by molar-refractivity contribution is 7.53. The van der Waals surface area contributed by atoms with Gasteiger partial charge in [0.2, 0.25) is 0 Å². The summed E-state index contributed by atoms with van der Waals surface area (Å²) >= 11 is 0. The van der Waals surface area contributed by atoms with E-state index in [1.165, 1.54) is 0 Å². The Morgan fingerprint density at radius 2 is 1.81 bits per heavy atom. The van der Waals surface area contributed by atoms with Gasteiger partial charge >= 0.3 is 7.60 Å². The zero-order valence-corrected chi connectivity index (χ0v) is 13.3. The lowest BCUT2D eigenvalue weighted by Crippen LogP contribution is -2.03. The minimum atomic E-state index is -3.20. The maximum Gasteiger partial charge on any atom is 0.368 e. The van der Waals surface area contributed by atoms with E-state index in [9.17, 15) is 4.57 Å². The van der Waals surface area contributed by atoms with E-state index in [-0.39, 0.29) is 6.16 Å². The third-order valence-corrected chi connectivity index (χ3v) is 4.82. The highest BCUT2D eigenvalue weighted by atomic mass is 31.2. The molecular formula is C16H21O4P. The lowest BCUT2D eigenvalue weighted by atomic mass is 10.1. The van der Waals surface area contributed by atoms with Crippen molar-refractivity contribution in [3.05, 3.63) is 42.5 Å². The molecule has 0 aliphatic heterocycles. The van der Waals surface area contributed by atoms with Gasteiger partial charge in [-0.3, -0.25) is 4.57 Å². The van der Waals surface area contributed by atoms with E-state index < -0.39 is 7.60 Å². The van der Waals surface area contributed by atoms with Crippen LogP contribution in [0.15, 0.2) is 42.5 Å². The Kier molecular flexibility index (Phi) is 5.80. The van der Waals surface area contributed by atoms with Crippen LogP contribution in [0.1, 0.15) is 26.7 Å². The van der Waals surface area contributed by atoms with Crippen molar-refractivity contribution in [3.8, 4) is 5.75 Å². The molecular weight excluding hydrogens is 287 g/mol. The number of rotatable bonds is 8. The van der Waals surface area contributed by atoms with Crippen LogP contribution in [-0.4, -0.2) is 12.8 Å². The van der Waals surface area contributed by atoms with Crippen LogP contribution in [0.2, 0.25) is 0 Å². The molecule has 1 unspecified atom stereocenters. The lowest BCUT2D eigenvalue weighted by Gasteiger charge is -2.16. The fourth-order valence-electron chi connectivity index (χ4n) is 1.88. The van der Waals surface area contributed by atoms with Crippen molar-refractivity contribution in [1.82, 2.24) is 0 Å². The van der Waals surface area contributed by atoms with E-state index in [0.29, 0.717) is 12.4 Å². The van der Waals surface area contributed by atoms with Gasteiger partial charge in [0, 0.05) is 5.39 Å². The average Bonchev–Trinajstić information content (AvgIpc) is 2.53. The van der Waals surface area contributed by atoms with Crippen molar-refractivity contribution < 1.29 is 18.7 Å². The predicted molar refractivity (Wildman–Crippen MR) is 84.7 cm³/mol. The molecule has 2 aromatic carbocycles. The number of benzene rings is 2. The monoisotopic (exact) mass is 308 g/mol. The topological polar surface area (TPSA) is 44.8 Å². The average molecular weight is 308 g/mol. The van der Waals surface area contributed by atoms with Crippen LogP contribution in [0.4, 0.5) is 0 Å². The van der Waals surface area contributed by atoms with E-state index in [4.69, 9.17) is 14.1 Å². The highest BCUT2D eigenvalue weighted by Crippen LogP contribution is 2.48. The van der Waals surface area contributed by atoms with Crippen LogP contribution in [-0.2, 0) is 13.8 Å². The van der Waals surface area contributed by atoms with E-state index in [1.807, 2.05) is 43.3 Å². The molecule has 1 atom stereocenters. The molecule has 21 heavy (non-hydrogen) atoms. The molecule has 0 bridgehead atoms. The smallest absolute Gasteiger partial charge is 0.328 e. The van der Waals surface area contributed by atoms with Crippen LogP contribution in [0, 0.1) is 0 Å². The summed E-state index contributed by atoms with van der Waals surface area (Å²) in [5.41, 5.74) is 0. The molecule has 5 heteroatoms. The molecule has 0 spiro atoms. The molecule has 0 amide bonds. The number of fused-ring (bicyclic) bond motifs is 1. The summed E-state index contributed by atoms with van der Waals surface area (Å²) in [6.45, 7) is 4.23. The quantitative estimate of drug-likeness (QED) is 0.292. The van der Waals surface area contributed by atoms with E-state index in [2.05, 4.69) is 0 Å². The fourth-order valence-corrected chi connectivity index (χ4v) is 2.81. The maximum atomic E-state index is 12.4. The third kappa shape index (κ3) is 4.31. The Morgan fingerprint density at radius 1 is 1.05 bits per heavy atom. The molecule has 0 aromatic heterocycles. The normalized spacial score (nSPS) is 14.0. The summed E-state index contributed by atoms with van der Waals surface area (Å²) in [5, 5.41) is 1.95. The first-order chi connectivity index (χ1) is 10.2. The molecule has 0 N–H and O–H groups in total. The van der Waals surface area contributed by atoms with Crippen LogP contribution >= 0.6 is 7.60 Å². The molecule has 0 aliphatic rings. The van der Waals surface area contributed by atoms with Crippen LogP contribution < -0.4 is 4.89 Å². The minimum Gasteiger partial charge on any atom is -0.328 e. The van der Waals surface area contributed by atoms with Gasteiger partial charge < -0.3 is 9.41 Å². The van der Waals surface area contributed by atoms with Gasteiger partial charge in [-0.05, 0) is 17.9 Å². The lowest BCUT2D eigenvalue weighted by molar-refractivity contribution is -0.111. The Labute approximate surface area is 125 Å². The largest absolute Gasteiger partial charge is 0.368 e. The predicted octanol–water partition coefficient (Wildman–Crippen LogP) is 5.18. The van der Waals surface area contributed by atoms with Crippen molar-refractivity contribution in [2.45, 2.75) is 26.7 Å². The molecule has 2 aromatic rings. The summed E-state index contributed by atoms with van der Waals surface area (Å²) in [4.78, 5) is 5.32. The van der Waals surface area contributed by atoms with Gasteiger partial charge in [0.1, 0.15) is 0 Å². The maximum absolute atomic E-state index is 12.4. The fraction of sp³-hybridized carbons (Fsp3) is 0.375. The Morgan fingerprint density at radius 3 is 2.57 bits per heavy atom. The summed E-state index contributed by atoms with van der Waals surface area (Å²) in [6, 6.07) is 13.4. The number of unbranched alkanes of at least 4 members (excludes halogenated alkanes) is 1. The van der Waals surface area contributed by atoms with Crippen molar-refractivity contribution in [2.75, 3.05) is 12.8 Å². The van der Waals surface area contributed by atoms with E-state index in [0.717, 1.165) is 23.6 Å². The zero-order chi connectivity index (χ0) is 15.1. The summed E-state index contributed by atoms with van der Waals surface area (Å²) in [7, 11) is -3.20. The van der Waals surface area contributed by atoms with E-state index >= 15 is 0 Å². The second-order valence-electron chi connectivity index (χ2n) is 4.75.